The van der Waals surface area contributed by atoms with Gasteiger partial charge in [-0.05, 0) is 18.4 Å². The number of aliphatic hydroxyl groups is 2. The van der Waals surface area contributed by atoms with E-state index in [0.717, 1.165) is 31.2 Å². The van der Waals surface area contributed by atoms with Gasteiger partial charge in [-0.1, -0.05) is 43.2 Å². The molecule has 94 valence electrons. The van der Waals surface area contributed by atoms with Gasteiger partial charge in [-0.25, -0.2) is 0 Å². The molecule has 0 aromatic heterocycles. The highest BCUT2D eigenvalue weighted by molar-refractivity contribution is 5.17. The van der Waals surface area contributed by atoms with Gasteiger partial charge in [-0.2, -0.15) is 0 Å². The molecule has 1 aliphatic carbocycles. The Morgan fingerprint density at radius 3 is 2.59 bits per heavy atom. The number of hydrogen-bond donors (Lipinski definition) is 3. The summed E-state index contributed by atoms with van der Waals surface area (Å²) in [7, 11) is 0. The van der Waals surface area contributed by atoms with E-state index in [1.54, 1.807) is 0 Å². The maximum atomic E-state index is 9.99. The highest BCUT2D eigenvalue weighted by atomic mass is 16.3. The van der Waals surface area contributed by atoms with Crippen LogP contribution in [0.5, 0.6) is 0 Å². The first kappa shape index (κ1) is 12.6. The standard InChI is InChI=1S/C14H21NO2/c16-13-9-5-4-8-12(13)15-10-14(17)11-6-2-1-3-7-11/h1-3,6-7,12-17H,4-5,8-10H2. The van der Waals surface area contributed by atoms with Crippen LogP contribution in [0.25, 0.3) is 0 Å². The number of rotatable bonds is 4. The van der Waals surface area contributed by atoms with Crippen LogP contribution < -0.4 is 5.32 Å². The smallest absolute Gasteiger partial charge is 0.0914 e. The van der Waals surface area contributed by atoms with Gasteiger partial charge in [0.25, 0.3) is 0 Å². The quantitative estimate of drug-likeness (QED) is 0.743. The third kappa shape index (κ3) is 3.53. The first-order chi connectivity index (χ1) is 8.27. The van der Waals surface area contributed by atoms with Crippen LogP contribution in [0.1, 0.15) is 37.4 Å². The molecular weight excluding hydrogens is 214 g/mol. The van der Waals surface area contributed by atoms with E-state index in [4.69, 9.17) is 0 Å². The van der Waals surface area contributed by atoms with Crippen LogP contribution in [0.3, 0.4) is 0 Å². The van der Waals surface area contributed by atoms with E-state index in [-0.39, 0.29) is 12.1 Å². The predicted molar refractivity (Wildman–Crippen MR) is 67.7 cm³/mol. The van der Waals surface area contributed by atoms with Crippen molar-refractivity contribution < 1.29 is 10.2 Å². The van der Waals surface area contributed by atoms with Gasteiger partial charge in [-0.15, -0.1) is 0 Å². The first-order valence-corrected chi connectivity index (χ1v) is 6.42. The lowest BCUT2D eigenvalue weighted by Gasteiger charge is -2.29. The molecule has 3 heteroatoms. The van der Waals surface area contributed by atoms with E-state index >= 15 is 0 Å². The Bertz CT molecular complexity index is 328. The zero-order valence-corrected chi connectivity index (χ0v) is 10.0. The number of nitrogens with one attached hydrogen (secondary N) is 1. The molecule has 3 unspecified atom stereocenters. The fourth-order valence-electron chi connectivity index (χ4n) is 2.41. The zero-order valence-electron chi connectivity index (χ0n) is 10.0. The van der Waals surface area contributed by atoms with Crippen molar-refractivity contribution >= 4 is 0 Å². The van der Waals surface area contributed by atoms with Gasteiger partial charge in [0.15, 0.2) is 0 Å². The molecule has 3 atom stereocenters. The molecule has 0 aliphatic heterocycles. The van der Waals surface area contributed by atoms with Crippen molar-refractivity contribution in [2.24, 2.45) is 0 Å². The number of aliphatic hydroxyl groups excluding tert-OH is 2. The maximum absolute atomic E-state index is 9.99. The molecule has 1 saturated carbocycles. The van der Waals surface area contributed by atoms with Crippen LogP contribution in [-0.4, -0.2) is 28.9 Å². The largest absolute Gasteiger partial charge is 0.392 e. The zero-order chi connectivity index (χ0) is 12.1. The SMILES string of the molecule is OC(CNC1CCCCC1O)c1ccccc1. The molecule has 17 heavy (non-hydrogen) atoms. The Morgan fingerprint density at radius 2 is 1.88 bits per heavy atom. The molecule has 1 aliphatic rings. The van der Waals surface area contributed by atoms with Crippen LogP contribution in [0.4, 0.5) is 0 Å². The second-order valence-corrected chi connectivity index (χ2v) is 4.79. The van der Waals surface area contributed by atoms with Gasteiger partial charge in [0.2, 0.25) is 0 Å². The minimum atomic E-state index is -0.495. The van der Waals surface area contributed by atoms with Gasteiger partial charge in [0, 0.05) is 12.6 Å². The topological polar surface area (TPSA) is 52.5 Å². The Kier molecular flexibility index (Phi) is 4.54. The predicted octanol–water partition coefficient (Wildman–Crippen LogP) is 1.61. The Hall–Kier alpha value is -0.900. The van der Waals surface area contributed by atoms with E-state index in [9.17, 15) is 10.2 Å². The van der Waals surface area contributed by atoms with E-state index in [0.29, 0.717) is 6.54 Å². The summed E-state index contributed by atoms with van der Waals surface area (Å²) in [4.78, 5) is 0. The van der Waals surface area contributed by atoms with Gasteiger partial charge in [0.05, 0.1) is 12.2 Å². The van der Waals surface area contributed by atoms with Crippen molar-refractivity contribution in [3.05, 3.63) is 35.9 Å². The second kappa shape index (κ2) is 6.15. The number of hydrogen-bond acceptors (Lipinski definition) is 3. The summed E-state index contributed by atoms with van der Waals surface area (Å²) in [5.74, 6) is 0. The molecule has 1 aromatic carbocycles. The summed E-state index contributed by atoms with van der Waals surface area (Å²) in [6.45, 7) is 0.506. The van der Waals surface area contributed by atoms with Gasteiger partial charge < -0.3 is 15.5 Å². The normalized spacial score (nSPS) is 26.7. The summed E-state index contributed by atoms with van der Waals surface area (Å²) in [5, 5.41) is 23.1. The van der Waals surface area contributed by atoms with Crippen molar-refractivity contribution in [2.45, 2.75) is 43.9 Å². The molecule has 0 heterocycles. The van der Waals surface area contributed by atoms with Crippen molar-refractivity contribution in [1.29, 1.82) is 0 Å². The summed E-state index contributed by atoms with van der Waals surface area (Å²) in [6, 6.07) is 9.77. The summed E-state index contributed by atoms with van der Waals surface area (Å²) < 4.78 is 0. The summed E-state index contributed by atoms with van der Waals surface area (Å²) in [6.07, 6.45) is 3.40. The molecular formula is C14H21NO2. The van der Waals surface area contributed by atoms with Crippen LogP contribution in [0.15, 0.2) is 30.3 Å². The van der Waals surface area contributed by atoms with Crippen LogP contribution >= 0.6 is 0 Å². The van der Waals surface area contributed by atoms with Gasteiger partial charge in [0.1, 0.15) is 0 Å². The average Bonchev–Trinajstić information content (AvgIpc) is 2.38. The molecule has 3 N–H and O–H groups in total. The molecule has 3 nitrogen and oxygen atoms in total. The average molecular weight is 235 g/mol. The highest BCUT2D eigenvalue weighted by Crippen LogP contribution is 2.19. The van der Waals surface area contributed by atoms with Crippen molar-refractivity contribution in [1.82, 2.24) is 5.32 Å². The molecule has 0 saturated heterocycles. The lowest BCUT2D eigenvalue weighted by molar-refractivity contribution is 0.0797. The lowest BCUT2D eigenvalue weighted by Crippen LogP contribution is -2.43. The van der Waals surface area contributed by atoms with Crippen molar-refractivity contribution in [3.8, 4) is 0 Å². The summed E-state index contributed by atoms with van der Waals surface area (Å²) in [5.41, 5.74) is 0.922. The van der Waals surface area contributed by atoms with E-state index in [1.807, 2.05) is 30.3 Å². The second-order valence-electron chi connectivity index (χ2n) is 4.79. The van der Waals surface area contributed by atoms with E-state index < -0.39 is 6.10 Å². The molecule has 1 aromatic rings. The molecule has 1 fully saturated rings. The van der Waals surface area contributed by atoms with Crippen molar-refractivity contribution in [2.75, 3.05) is 6.54 Å². The Morgan fingerprint density at radius 1 is 1.18 bits per heavy atom. The summed E-state index contributed by atoms with van der Waals surface area (Å²) >= 11 is 0. The third-order valence-corrected chi connectivity index (χ3v) is 3.49. The molecule has 0 radical (unpaired) electrons. The molecule has 0 spiro atoms. The molecule has 0 amide bonds. The van der Waals surface area contributed by atoms with Crippen LogP contribution in [-0.2, 0) is 0 Å². The molecule has 2 rings (SSSR count). The van der Waals surface area contributed by atoms with Crippen molar-refractivity contribution in [3.63, 3.8) is 0 Å². The fraction of sp³-hybridized carbons (Fsp3) is 0.571. The fourth-order valence-corrected chi connectivity index (χ4v) is 2.41. The van der Waals surface area contributed by atoms with Crippen LogP contribution in [0.2, 0.25) is 0 Å². The van der Waals surface area contributed by atoms with Gasteiger partial charge in [-0.3, -0.25) is 0 Å². The minimum absolute atomic E-state index is 0.141. The minimum Gasteiger partial charge on any atom is -0.392 e. The Labute approximate surface area is 102 Å². The monoisotopic (exact) mass is 235 g/mol. The lowest BCUT2D eigenvalue weighted by atomic mass is 9.92. The number of benzene rings is 1. The first-order valence-electron chi connectivity index (χ1n) is 6.42. The van der Waals surface area contributed by atoms with E-state index in [2.05, 4.69) is 5.32 Å². The van der Waals surface area contributed by atoms with Gasteiger partial charge >= 0.3 is 0 Å². The molecule has 0 bridgehead atoms. The highest BCUT2D eigenvalue weighted by Gasteiger charge is 2.23. The Balaban J connectivity index is 1.81. The third-order valence-electron chi connectivity index (χ3n) is 3.49. The maximum Gasteiger partial charge on any atom is 0.0914 e. The van der Waals surface area contributed by atoms with E-state index in [1.165, 1.54) is 0 Å². The van der Waals surface area contributed by atoms with Crippen LogP contribution in [0, 0.1) is 0 Å².